The number of hydrogen-bond acceptors (Lipinski definition) is 2. The lowest BCUT2D eigenvalue weighted by Gasteiger charge is -2.25. The molecule has 4 nitrogen and oxygen atoms in total. The molecule has 1 aliphatic rings. The lowest BCUT2D eigenvalue weighted by molar-refractivity contribution is -0.133. The van der Waals surface area contributed by atoms with Gasteiger partial charge in [0.25, 0.3) is 0 Å². The van der Waals surface area contributed by atoms with Crippen molar-refractivity contribution in [3.63, 3.8) is 0 Å². The Morgan fingerprint density at radius 2 is 1.89 bits per heavy atom. The van der Waals surface area contributed by atoms with Crippen LogP contribution in [0.1, 0.15) is 30.7 Å². The molecule has 100 valence electrons. The van der Waals surface area contributed by atoms with Crippen molar-refractivity contribution in [2.24, 2.45) is 5.73 Å². The van der Waals surface area contributed by atoms with E-state index in [2.05, 4.69) is 15.9 Å². The van der Waals surface area contributed by atoms with Gasteiger partial charge in [0.2, 0.25) is 5.91 Å². The molecule has 1 amide bonds. The third-order valence-corrected chi connectivity index (χ3v) is 3.92. The van der Waals surface area contributed by atoms with Crippen LogP contribution in [-0.4, -0.2) is 17.0 Å². The van der Waals surface area contributed by atoms with E-state index in [1.54, 1.807) is 0 Å². The Kier molecular flexibility index (Phi) is 4.04. The van der Waals surface area contributed by atoms with Crippen LogP contribution in [0.4, 0.5) is 0 Å². The highest BCUT2D eigenvalue weighted by molar-refractivity contribution is 9.10. The number of hydrogen-bond donors (Lipinski definition) is 2. The van der Waals surface area contributed by atoms with Gasteiger partial charge in [0.1, 0.15) is 0 Å². The predicted molar refractivity (Wildman–Crippen MR) is 74.6 cm³/mol. The fraction of sp³-hybridized carbons (Fsp3) is 0.286. The largest absolute Gasteiger partial charge is 0.478 e. The van der Waals surface area contributed by atoms with E-state index >= 15 is 0 Å². The van der Waals surface area contributed by atoms with E-state index in [9.17, 15) is 14.7 Å². The Labute approximate surface area is 119 Å². The van der Waals surface area contributed by atoms with Gasteiger partial charge in [0.05, 0.1) is 0 Å². The fourth-order valence-corrected chi connectivity index (χ4v) is 2.81. The summed E-state index contributed by atoms with van der Waals surface area (Å²) in [7, 11) is 0. The average molecular weight is 324 g/mol. The minimum Gasteiger partial charge on any atom is -0.478 e. The van der Waals surface area contributed by atoms with Gasteiger partial charge in [-0.15, -0.1) is 0 Å². The van der Waals surface area contributed by atoms with E-state index in [1.165, 1.54) is 0 Å². The second-order valence-corrected chi connectivity index (χ2v) is 5.47. The van der Waals surface area contributed by atoms with Crippen LogP contribution >= 0.6 is 15.9 Å². The van der Waals surface area contributed by atoms with Crippen molar-refractivity contribution in [3.05, 3.63) is 45.4 Å². The van der Waals surface area contributed by atoms with Crippen molar-refractivity contribution in [1.82, 2.24) is 0 Å². The van der Waals surface area contributed by atoms with Gasteiger partial charge in [-0.25, -0.2) is 4.79 Å². The molecule has 0 aromatic heterocycles. The molecule has 19 heavy (non-hydrogen) atoms. The lowest BCUT2D eigenvalue weighted by Crippen LogP contribution is -2.26. The lowest BCUT2D eigenvalue weighted by atomic mass is 9.78. The van der Waals surface area contributed by atoms with E-state index in [1.807, 2.05) is 24.3 Å². The summed E-state index contributed by atoms with van der Waals surface area (Å²) in [6, 6.07) is 7.54. The number of aliphatic carboxylic acids is 1. The molecule has 0 heterocycles. The van der Waals surface area contributed by atoms with Gasteiger partial charge in [0, 0.05) is 21.5 Å². The number of halogens is 1. The molecule has 0 spiro atoms. The molecule has 3 N–H and O–H groups in total. The normalized spacial score (nSPS) is 19.3. The van der Waals surface area contributed by atoms with Gasteiger partial charge in [-0.2, -0.15) is 0 Å². The standard InChI is InChI=1S/C14H14BrNO3/c15-9-6-4-8(5-7-9)10-2-1-3-11(14(18)19)12(10)13(16)17/h4-7,10H,1-3H2,(H2,16,17)(H,18,19). The molecule has 1 unspecified atom stereocenters. The molecule has 1 aromatic rings. The average Bonchev–Trinajstić information content (AvgIpc) is 2.38. The molecule has 1 aromatic carbocycles. The number of nitrogens with two attached hydrogens (primary N) is 1. The maximum Gasteiger partial charge on any atom is 0.332 e. The van der Waals surface area contributed by atoms with Gasteiger partial charge in [-0.05, 0) is 37.0 Å². The summed E-state index contributed by atoms with van der Waals surface area (Å²) in [4.78, 5) is 22.8. The summed E-state index contributed by atoms with van der Waals surface area (Å²) in [6.07, 6.45) is 1.90. The topological polar surface area (TPSA) is 80.4 Å². The van der Waals surface area contributed by atoms with Gasteiger partial charge in [-0.3, -0.25) is 4.79 Å². The number of carboxylic acid groups (broad SMARTS) is 1. The Morgan fingerprint density at radius 3 is 2.42 bits per heavy atom. The number of primary amides is 1. The number of carbonyl (C=O) groups is 2. The second-order valence-electron chi connectivity index (χ2n) is 4.56. The van der Waals surface area contributed by atoms with Crippen LogP contribution in [-0.2, 0) is 9.59 Å². The molecular weight excluding hydrogens is 310 g/mol. The highest BCUT2D eigenvalue weighted by Gasteiger charge is 2.30. The Balaban J connectivity index is 2.49. The third-order valence-electron chi connectivity index (χ3n) is 3.39. The van der Waals surface area contributed by atoms with E-state index in [-0.39, 0.29) is 17.1 Å². The van der Waals surface area contributed by atoms with Gasteiger partial charge < -0.3 is 10.8 Å². The first-order valence-corrected chi connectivity index (χ1v) is 6.81. The molecule has 0 bridgehead atoms. The number of amides is 1. The van der Waals surface area contributed by atoms with E-state index in [0.717, 1.165) is 22.9 Å². The molecule has 1 atom stereocenters. The van der Waals surface area contributed by atoms with E-state index < -0.39 is 11.9 Å². The number of benzene rings is 1. The van der Waals surface area contributed by atoms with Crippen molar-refractivity contribution in [2.45, 2.75) is 25.2 Å². The van der Waals surface area contributed by atoms with Crippen LogP contribution in [0, 0.1) is 0 Å². The molecule has 2 rings (SSSR count). The molecule has 5 heteroatoms. The Bertz CT molecular complexity index is 548. The van der Waals surface area contributed by atoms with Gasteiger partial charge in [-0.1, -0.05) is 28.1 Å². The summed E-state index contributed by atoms with van der Waals surface area (Å²) in [5.74, 6) is -1.90. The van der Waals surface area contributed by atoms with Crippen LogP contribution in [0.2, 0.25) is 0 Å². The summed E-state index contributed by atoms with van der Waals surface area (Å²) in [5, 5.41) is 9.19. The number of carboxylic acids is 1. The minimum absolute atomic E-state index is 0.159. The van der Waals surface area contributed by atoms with Crippen LogP contribution < -0.4 is 5.73 Å². The fourth-order valence-electron chi connectivity index (χ4n) is 2.54. The molecule has 0 saturated carbocycles. The molecule has 0 aliphatic heterocycles. The SMILES string of the molecule is NC(=O)C1=C(C(=O)O)CCCC1c1ccc(Br)cc1. The van der Waals surface area contributed by atoms with Crippen LogP contribution in [0.15, 0.2) is 39.9 Å². The van der Waals surface area contributed by atoms with Crippen molar-refractivity contribution in [2.75, 3.05) is 0 Å². The van der Waals surface area contributed by atoms with Crippen LogP contribution in [0.3, 0.4) is 0 Å². The van der Waals surface area contributed by atoms with E-state index in [0.29, 0.717) is 6.42 Å². The first-order valence-electron chi connectivity index (χ1n) is 6.02. The smallest absolute Gasteiger partial charge is 0.332 e. The van der Waals surface area contributed by atoms with Crippen LogP contribution in [0.5, 0.6) is 0 Å². The monoisotopic (exact) mass is 323 g/mol. The third kappa shape index (κ3) is 2.87. The number of rotatable bonds is 3. The zero-order chi connectivity index (χ0) is 14.0. The zero-order valence-corrected chi connectivity index (χ0v) is 11.8. The Morgan fingerprint density at radius 1 is 1.26 bits per heavy atom. The van der Waals surface area contributed by atoms with Crippen molar-refractivity contribution >= 4 is 27.8 Å². The molecule has 0 saturated heterocycles. The van der Waals surface area contributed by atoms with Crippen molar-refractivity contribution in [3.8, 4) is 0 Å². The predicted octanol–water partition coefficient (Wildman–Crippen LogP) is 2.58. The number of carbonyl (C=O) groups excluding carboxylic acids is 1. The van der Waals surface area contributed by atoms with Gasteiger partial charge >= 0.3 is 5.97 Å². The summed E-state index contributed by atoms with van der Waals surface area (Å²) >= 11 is 3.35. The minimum atomic E-state index is -1.05. The molecule has 0 radical (unpaired) electrons. The highest BCUT2D eigenvalue weighted by atomic mass is 79.9. The maximum absolute atomic E-state index is 11.6. The van der Waals surface area contributed by atoms with E-state index in [4.69, 9.17) is 5.73 Å². The van der Waals surface area contributed by atoms with Crippen molar-refractivity contribution in [1.29, 1.82) is 0 Å². The summed E-state index contributed by atoms with van der Waals surface area (Å²) in [6.45, 7) is 0. The second kappa shape index (κ2) is 5.57. The van der Waals surface area contributed by atoms with Crippen LogP contribution in [0.25, 0.3) is 0 Å². The van der Waals surface area contributed by atoms with Crippen molar-refractivity contribution < 1.29 is 14.7 Å². The summed E-state index contributed by atoms with van der Waals surface area (Å²) in [5.41, 5.74) is 6.72. The van der Waals surface area contributed by atoms with Gasteiger partial charge in [0.15, 0.2) is 0 Å². The Hall–Kier alpha value is -1.62. The summed E-state index contributed by atoms with van der Waals surface area (Å²) < 4.78 is 0.940. The molecule has 1 aliphatic carbocycles. The molecule has 0 fully saturated rings. The zero-order valence-electron chi connectivity index (χ0n) is 10.2. The maximum atomic E-state index is 11.6. The first kappa shape index (κ1) is 13.8. The molecular formula is C14H14BrNO3. The quantitative estimate of drug-likeness (QED) is 0.897. The first-order chi connectivity index (χ1) is 9.00. The highest BCUT2D eigenvalue weighted by Crippen LogP contribution is 2.37.